The van der Waals surface area contributed by atoms with Gasteiger partial charge >= 0.3 is 0 Å². The number of anilines is 1. The normalized spacial score (nSPS) is 20.9. The smallest absolute Gasteiger partial charge is 0.219 e. The van der Waals surface area contributed by atoms with Crippen molar-refractivity contribution in [3.8, 4) is 16.9 Å². The zero-order valence-corrected chi connectivity index (χ0v) is 17.4. The second kappa shape index (κ2) is 8.95. The van der Waals surface area contributed by atoms with E-state index in [1.54, 1.807) is 12.4 Å². The van der Waals surface area contributed by atoms with E-state index in [1.807, 2.05) is 30.3 Å². The van der Waals surface area contributed by atoms with Gasteiger partial charge in [0.2, 0.25) is 5.95 Å². The molecule has 4 rings (SSSR count). The molecular formula is C23H28N4O3. The zero-order valence-electron chi connectivity index (χ0n) is 17.4. The Bertz CT molecular complexity index is 985. The van der Waals surface area contributed by atoms with Crippen LogP contribution >= 0.6 is 0 Å². The highest BCUT2D eigenvalue weighted by atomic mass is 16.5. The third kappa shape index (κ3) is 4.70. The lowest BCUT2D eigenvalue weighted by molar-refractivity contribution is -0.0786. The average Bonchev–Trinajstić information content (AvgIpc) is 2.72. The van der Waals surface area contributed by atoms with Gasteiger partial charge in [0.25, 0.3) is 0 Å². The number of aromatic nitrogens is 2. The number of nitrogens with two attached hydrogens (primary N) is 1. The van der Waals surface area contributed by atoms with Crippen LogP contribution in [0.3, 0.4) is 0 Å². The fourth-order valence-electron chi connectivity index (χ4n) is 4.11. The van der Waals surface area contributed by atoms with Crippen LogP contribution in [0.5, 0.6) is 5.75 Å². The first-order chi connectivity index (χ1) is 14.5. The molecule has 0 radical (unpaired) electrons. The highest BCUT2D eigenvalue weighted by Gasteiger charge is 2.24. The second-order valence-electron chi connectivity index (χ2n) is 7.93. The Morgan fingerprint density at radius 2 is 1.83 bits per heavy atom. The van der Waals surface area contributed by atoms with Crippen molar-refractivity contribution in [3.05, 3.63) is 48.8 Å². The van der Waals surface area contributed by atoms with Gasteiger partial charge in [0.1, 0.15) is 18.5 Å². The van der Waals surface area contributed by atoms with E-state index in [9.17, 15) is 5.11 Å². The maximum Gasteiger partial charge on any atom is 0.219 e. The number of β-amino-alcohol motifs (C(OH)–C–C–N with tert-alkyl or cyclic N) is 1. The number of benzene rings is 2. The number of morpholine rings is 1. The number of nitrogens with zero attached hydrogens (tertiary/aromatic N) is 3. The molecule has 3 atom stereocenters. The Hall–Kier alpha value is -2.74. The summed E-state index contributed by atoms with van der Waals surface area (Å²) in [6.45, 7) is 6.48. The predicted octanol–water partition coefficient (Wildman–Crippen LogP) is 2.73. The van der Waals surface area contributed by atoms with Gasteiger partial charge in [-0.25, -0.2) is 9.97 Å². The lowest BCUT2D eigenvalue weighted by atomic mass is 9.99. The molecule has 0 saturated carbocycles. The molecule has 3 aromatic rings. The minimum Gasteiger partial charge on any atom is -0.490 e. The first-order valence-electron chi connectivity index (χ1n) is 10.3. The van der Waals surface area contributed by atoms with E-state index in [0.717, 1.165) is 35.0 Å². The first kappa shape index (κ1) is 20.5. The summed E-state index contributed by atoms with van der Waals surface area (Å²) in [5.74, 6) is 0.913. The van der Waals surface area contributed by atoms with E-state index in [-0.39, 0.29) is 24.8 Å². The van der Waals surface area contributed by atoms with E-state index in [2.05, 4.69) is 34.8 Å². The van der Waals surface area contributed by atoms with Crippen LogP contribution in [-0.4, -0.2) is 64.5 Å². The molecule has 7 heteroatoms. The van der Waals surface area contributed by atoms with Crippen molar-refractivity contribution in [1.29, 1.82) is 0 Å². The number of nitrogen functional groups attached to an aromatic ring is 1. The highest BCUT2D eigenvalue weighted by molar-refractivity contribution is 5.99. The van der Waals surface area contributed by atoms with Crippen LogP contribution in [0.25, 0.3) is 21.9 Å². The fourth-order valence-corrected chi connectivity index (χ4v) is 4.11. The molecule has 3 N–H and O–H groups in total. The topological polar surface area (TPSA) is 93.7 Å². The van der Waals surface area contributed by atoms with E-state index >= 15 is 0 Å². The van der Waals surface area contributed by atoms with Crippen molar-refractivity contribution in [2.24, 2.45) is 0 Å². The third-order valence-corrected chi connectivity index (χ3v) is 5.25. The molecule has 2 aromatic carbocycles. The Balaban J connectivity index is 1.54. The molecule has 158 valence electrons. The van der Waals surface area contributed by atoms with Crippen molar-refractivity contribution in [2.45, 2.75) is 32.2 Å². The number of hydrogen-bond acceptors (Lipinski definition) is 7. The molecule has 1 saturated heterocycles. The predicted molar refractivity (Wildman–Crippen MR) is 117 cm³/mol. The fraction of sp³-hybridized carbons (Fsp3) is 0.391. The molecule has 1 aromatic heterocycles. The van der Waals surface area contributed by atoms with E-state index in [4.69, 9.17) is 15.2 Å². The standard InChI is InChI=1S/C23H28N4O3/c1-15-11-27(12-16(2)30-15)13-19(28)14-29-21-8-7-17-5-3-4-6-20(17)22(21)18-9-25-23(24)26-10-18/h3-10,15-16,19,28H,11-14H2,1-2H3,(H2,24,25,26)/t15-,16+,19?. The van der Waals surface area contributed by atoms with Gasteiger partial charge in [0, 0.05) is 43.2 Å². The number of hydrogen-bond donors (Lipinski definition) is 2. The van der Waals surface area contributed by atoms with E-state index in [0.29, 0.717) is 12.3 Å². The molecule has 0 spiro atoms. The quantitative estimate of drug-likeness (QED) is 0.648. The third-order valence-electron chi connectivity index (χ3n) is 5.25. The highest BCUT2D eigenvalue weighted by Crippen LogP contribution is 2.36. The molecule has 1 unspecified atom stereocenters. The maximum atomic E-state index is 10.6. The van der Waals surface area contributed by atoms with Gasteiger partial charge in [-0.15, -0.1) is 0 Å². The van der Waals surface area contributed by atoms with E-state index < -0.39 is 6.10 Å². The van der Waals surface area contributed by atoms with Crippen LogP contribution in [0.2, 0.25) is 0 Å². The zero-order chi connectivity index (χ0) is 21.1. The monoisotopic (exact) mass is 408 g/mol. The Labute approximate surface area is 176 Å². The van der Waals surface area contributed by atoms with Gasteiger partial charge in [-0.2, -0.15) is 0 Å². The van der Waals surface area contributed by atoms with Crippen molar-refractivity contribution >= 4 is 16.7 Å². The van der Waals surface area contributed by atoms with Gasteiger partial charge in [0.15, 0.2) is 0 Å². The summed E-state index contributed by atoms with van der Waals surface area (Å²) in [6.07, 6.45) is 3.12. The SMILES string of the molecule is C[C@@H]1CN(CC(O)COc2ccc3ccccc3c2-c2cnc(N)nc2)C[C@H](C)O1. The molecule has 0 bridgehead atoms. The van der Waals surface area contributed by atoms with Gasteiger partial charge in [-0.1, -0.05) is 30.3 Å². The summed E-state index contributed by atoms with van der Waals surface area (Å²) < 4.78 is 11.9. The van der Waals surface area contributed by atoms with Crippen LogP contribution in [0, 0.1) is 0 Å². The van der Waals surface area contributed by atoms with Crippen molar-refractivity contribution < 1.29 is 14.6 Å². The molecule has 30 heavy (non-hydrogen) atoms. The minimum absolute atomic E-state index is 0.166. The van der Waals surface area contributed by atoms with E-state index in [1.165, 1.54) is 0 Å². The largest absolute Gasteiger partial charge is 0.490 e. The lowest BCUT2D eigenvalue weighted by Gasteiger charge is -2.36. The summed E-state index contributed by atoms with van der Waals surface area (Å²) in [5.41, 5.74) is 7.38. The van der Waals surface area contributed by atoms with Crippen LogP contribution in [0.4, 0.5) is 5.95 Å². The summed E-state index contributed by atoms with van der Waals surface area (Å²) in [4.78, 5) is 10.5. The summed E-state index contributed by atoms with van der Waals surface area (Å²) in [7, 11) is 0. The van der Waals surface area contributed by atoms with Crippen LogP contribution in [-0.2, 0) is 4.74 Å². The van der Waals surface area contributed by atoms with Crippen molar-refractivity contribution in [3.63, 3.8) is 0 Å². The second-order valence-corrected chi connectivity index (χ2v) is 7.93. The molecule has 2 heterocycles. The number of fused-ring (bicyclic) bond motifs is 1. The van der Waals surface area contributed by atoms with Crippen LogP contribution in [0.1, 0.15) is 13.8 Å². The number of ether oxygens (including phenoxy) is 2. The van der Waals surface area contributed by atoms with Gasteiger partial charge in [0.05, 0.1) is 12.2 Å². The summed E-state index contributed by atoms with van der Waals surface area (Å²) in [5, 5.41) is 12.7. The average molecular weight is 409 g/mol. The Morgan fingerprint density at radius 3 is 2.57 bits per heavy atom. The minimum atomic E-state index is -0.607. The Kier molecular flexibility index (Phi) is 6.13. The van der Waals surface area contributed by atoms with Crippen LogP contribution < -0.4 is 10.5 Å². The molecule has 1 aliphatic heterocycles. The van der Waals surface area contributed by atoms with Crippen LogP contribution in [0.15, 0.2) is 48.8 Å². The van der Waals surface area contributed by atoms with Gasteiger partial charge in [-0.3, -0.25) is 4.90 Å². The van der Waals surface area contributed by atoms with Gasteiger partial charge in [-0.05, 0) is 30.7 Å². The number of rotatable bonds is 6. The number of aliphatic hydroxyl groups is 1. The molecule has 0 amide bonds. The molecule has 7 nitrogen and oxygen atoms in total. The van der Waals surface area contributed by atoms with Gasteiger partial charge < -0.3 is 20.3 Å². The number of aliphatic hydroxyl groups excluding tert-OH is 1. The first-order valence-corrected chi connectivity index (χ1v) is 10.3. The maximum absolute atomic E-state index is 10.6. The summed E-state index contributed by atoms with van der Waals surface area (Å²) >= 11 is 0. The lowest BCUT2D eigenvalue weighted by Crippen LogP contribution is -2.48. The summed E-state index contributed by atoms with van der Waals surface area (Å²) in [6, 6.07) is 12.0. The van der Waals surface area contributed by atoms with Crippen molar-refractivity contribution in [1.82, 2.24) is 14.9 Å². The molecule has 0 aliphatic carbocycles. The Morgan fingerprint density at radius 1 is 1.13 bits per heavy atom. The molecular weight excluding hydrogens is 380 g/mol. The molecule has 1 aliphatic rings. The van der Waals surface area contributed by atoms with Crippen molar-refractivity contribution in [2.75, 3.05) is 32.0 Å². The molecule has 1 fully saturated rings.